The van der Waals surface area contributed by atoms with Crippen molar-refractivity contribution in [3.05, 3.63) is 59.9 Å². The van der Waals surface area contributed by atoms with E-state index in [9.17, 15) is 13.2 Å². The quantitative estimate of drug-likeness (QED) is 0.575. The second-order valence-electron chi connectivity index (χ2n) is 7.38. The summed E-state index contributed by atoms with van der Waals surface area (Å²) in [5.41, 5.74) is 1.08. The van der Waals surface area contributed by atoms with E-state index in [2.05, 4.69) is 20.8 Å². The molecule has 0 spiro atoms. The lowest BCUT2D eigenvalue weighted by Gasteiger charge is -2.25. The highest BCUT2D eigenvalue weighted by Crippen LogP contribution is 2.21. The Bertz CT molecular complexity index is 1170. The Labute approximate surface area is 186 Å². The van der Waals surface area contributed by atoms with E-state index in [1.165, 1.54) is 33.3 Å². The van der Waals surface area contributed by atoms with Crippen molar-refractivity contribution >= 4 is 15.9 Å². The zero-order valence-corrected chi connectivity index (χ0v) is 18.5. The minimum Gasteiger partial charge on any atom is -0.497 e. The smallest absolute Gasteiger partial charge is 0.251 e. The molecule has 0 bridgehead atoms. The maximum absolute atomic E-state index is 12.8. The summed E-state index contributed by atoms with van der Waals surface area (Å²) in [5.74, 6) is 0.812. The molecule has 32 heavy (non-hydrogen) atoms. The molecular formula is C21H24N6O4S. The van der Waals surface area contributed by atoms with Gasteiger partial charge in [-0.25, -0.2) is 8.42 Å². The van der Waals surface area contributed by atoms with Crippen molar-refractivity contribution in [1.82, 2.24) is 29.8 Å². The molecule has 11 heteroatoms. The number of tetrazole rings is 1. The number of carbonyl (C=O) groups is 1. The van der Waals surface area contributed by atoms with Gasteiger partial charge in [-0.05, 0) is 71.8 Å². The Morgan fingerprint density at radius 3 is 2.38 bits per heavy atom. The van der Waals surface area contributed by atoms with Crippen LogP contribution in [0.1, 0.15) is 35.4 Å². The summed E-state index contributed by atoms with van der Waals surface area (Å²) in [6.45, 7) is 1.17. The molecule has 0 atom stereocenters. The number of hydrogen-bond donors (Lipinski definition) is 1. The van der Waals surface area contributed by atoms with Crippen LogP contribution in [0, 0.1) is 0 Å². The fraction of sp³-hybridized carbons (Fsp3) is 0.333. The summed E-state index contributed by atoms with van der Waals surface area (Å²) in [6, 6.07) is 13.2. The molecule has 3 aromatic rings. The maximum atomic E-state index is 12.8. The van der Waals surface area contributed by atoms with Crippen LogP contribution in [0.5, 0.6) is 5.75 Å². The average Bonchev–Trinajstić information content (AvgIpc) is 3.32. The molecule has 1 saturated heterocycles. The molecule has 0 saturated carbocycles. The molecule has 1 aliphatic heterocycles. The monoisotopic (exact) mass is 456 g/mol. The minimum atomic E-state index is -3.53. The van der Waals surface area contributed by atoms with Gasteiger partial charge in [-0.1, -0.05) is 6.42 Å². The highest BCUT2D eigenvalue weighted by Gasteiger charge is 2.26. The SMILES string of the molecule is COc1ccc(-n2nnnc2CNC(=O)c2ccc(S(=O)(=O)N3CCCCC3)cc2)cc1. The van der Waals surface area contributed by atoms with Crippen LogP contribution in [-0.4, -0.2) is 59.0 Å². The molecule has 10 nitrogen and oxygen atoms in total. The van der Waals surface area contributed by atoms with Gasteiger partial charge in [-0.15, -0.1) is 5.10 Å². The number of rotatable bonds is 7. The number of sulfonamides is 1. The van der Waals surface area contributed by atoms with Gasteiger partial charge in [-0.3, -0.25) is 4.79 Å². The normalized spacial score (nSPS) is 14.8. The highest BCUT2D eigenvalue weighted by molar-refractivity contribution is 7.89. The predicted octanol–water partition coefficient (Wildman–Crippen LogP) is 1.78. The molecular weight excluding hydrogens is 432 g/mol. The first-order valence-electron chi connectivity index (χ1n) is 10.3. The lowest BCUT2D eigenvalue weighted by molar-refractivity contribution is 0.0949. The molecule has 0 unspecified atom stereocenters. The van der Waals surface area contributed by atoms with Crippen LogP contribution in [0.15, 0.2) is 53.4 Å². The summed E-state index contributed by atoms with van der Waals surface area (Å²) in [6.07, 6.45) is 2.79. The van der Waals surface area contributed by atoms with Crippen LogP contribution in [0.25, 0.3) is 5.69 Å². The molecule has 1 N–H and O–H groups in total. The van der Waals surface area contributed by atoms with E-state index in [0.717, 1.165) is 24.9 Å². The highest BCUT2D eigenvalue weighted by atomic mass is 32.2. The third-order valence-corrected chi connectivity index (χ3v) is 7.24. The van der Waals surface area contributed by atoms with Gasteiger partial charge in [0.15, 0.2) is 5.82 Å². The van der Waals surface area contributed by atoms with Gasteiger partial charge >= 0.3 is 0 Å². The summed E-state index contributed by atoms with van der Waals surface area (Å²) in [5, 5.41) is 14.4. The standard InChI is InChI=1S/C21H24N6O4S/c1-31-18-9-7-17(8-10-18)27-20(23-24-25-27)15-22-21(28)16-5-11-19(12-6-16)32(29,30)26-13-3-2-4-14-26/h5-12H,2-4,13-15H2,1H3,(H,22,28). The number of aromatic nitrogens is 4. The summed E-state index contributed by atoms with van der Waals surface area (Å²) in [7, 11) is -1.94. The average molecular weight is 457 g/mol. The third-order valence-electron chi connectivity index (χ3n) is 5.33. The number of hydrogen-bond acceptors (Lipinski definition) is 7. The number of amides is 1. The van der Waals surface area contributed by atoms with E-state index < -0.39 is 10.0 Å². The van der Waals surface area contributed by atoms with Gasteiger partial charge in [0.05, 0.1) is 24.2 Å². The number of ether oxygens (including phenoxy) is 1. The topological polar surface area (TPSA) is 119 Å². The van der Waals surface area contributed by atoms with Gasteiger partial charge in [0, 0.05) is 18.7 Å². The van der Waals surface area contributed by atoms with Gasteiger partial charge in [-0.2, -0.15) is 8.99 Å². The second-order valence-corrected chi connectivity index (χ2v) is 9.31. The van der Waals surface area contributed by atoms with Crippen molar-refractivity contribution < 1.29 is 17.9 Å². The number of nitrogens with zero attached hydrogens (tertiary/aromatic N) is 5. The number of piperidine rings is 1. The molecule has 0 aliphatic carbocycles. The molecule has 1 amide bonds. The molecule has 168 valence electrons. The van der Waals surface area contributed by atoms with Gasteiger partial charge in [0.25, 0.3) is 5.91 Å². The van der Waals surface area contributed by atoms with Gasteiger partial charge < -0.3 is 10.1 Å². The number of benzene rings is 2. The Kier molecular flexibility index (Phi) is 6.47. The third kappa shape index (κ3) is 4.63. The van der Waals surface area contributed by atoms with Crippen molar-refractivity contribution in [2.45, 2.75) is 30.7 Å². The van der Waals surface area contributed by atoms with E-state index in [0.29, 0.717) is 30.2 Å². The van der Waals surface area contributed by atoms with E-state index in [1.807, 2.05) is 12.1 Å². The van der Waals surface area contributed by atoms with E-state index in [-0.39, 0.29) is 17.3 Å². The molecule has 0 radical (unpaired) electrons. The van der Waals surface area contributed by atoms with Crippen molar-refractivity contribution in [2.75, 3.05) is 20.2 Å². The minimum absolute atomic E-state index is 0.103. The number of carbonyl (C=O) groups excluding carboxylic acids is 1. The molecule has 4 rings (SSSR count). The van der Waals surface area contributed by atoms with Crippen LogP contribution in [0.2, 0.25) is 0 Å². The zero-order valence-electron chi connectivity index (χ0n) is 17.6. The molecule has 1 aliphatic rings. The van der Waals surface area contributed by atoms with Crippen molar-refractivity contribution in [1.29, 1.82) is 0 Å². The second kappa shape index (κ2) is 9.45. The van der Waals surface area contributed by atoms with Gasteiger partial charge in [0.2, 0.25) is 10.0 Å². The van der Waals surface area contributed by atoms with Crippen LogP contribution in [-0.2, 0) is 16.6 Å². The lowest BCUT2D eigenvalue weighted by atomic mass is 10.2. The maximum Gasteiger partial charge on any atom is 0.251 e. The van der Waals surface area contributed by atoms with Crippen LogP contribution < -0.4 is 10.1 Å². The largest absolute Gasteiger partial charge is 0.497 e. The van der Waals surface area contributed by atoms with Crippen LogP contribution in [0.4, 0.5) is 0 Å². The van der Waals surface area contributed by atoms with E-state index in [4.69, 9.17) is 4.74 Å². The Balaban J connectivity index is 1.41. The summed E-state index contributed by atoms with van der Waals surface area (Å²) < 4.78 is 33.7. The Hall–Kier alpha value is -3.31. The van der Waals surface area contributed by atoms with E-state index in [1.54, 1.807) is 19.2 Å². The predicted molar refractivity (Wildman–Crippen MR) is 116 cm³/mol. The lowest BCUT2D eigenvalue weighted by Crippen LogP contribution is -2.35. The molecule has 1 fully saturated rings. The first-order chi connectivity index (χ1) is 15.5. The summed E-state index contributed by atoms with van der Waals surface area (Å²) in [4.78, 5) is 12.8. The van der Waals surface area contributed by atoms with Crippen molar-refractivity contribution in [2.24, 2.45) is 0 Å². The number of nitrogens with one attached hydrogen (secondary N) is 1. The Morgan fingerprint density at radius 1 is 1.03 bits per heavy atom. The first kappa shape index (κ1) is 21.9. The van der Waals surface area contributed by atoms with Gasteiger partial charge in [0.1, 0.15) is 5.75 Å². The van der Waals surface area contributed by atoms with Crippen LogP contribution >= 0.6 is 0 Å². The molecule has 2 aromatic carbocycles. The summed E-state index contributed by atoms with van der Waals surface area (Å²) >= 11 is 0. The van der Waals surface area contributed by atoms with Crippen LogP contribution in [0.3, 0.4) is 0 Å². The molecule has 1 aromatic heterocycles. The Morgan fingerprint density at radius 2 is 1.72 bits per heavy atom. The van der Waals surface area contributed by atoms with Crippen molar-refractivity contribution in [3.63, 3.8) is 0 Å². The fourth-order valence-corrected chi connectivity index (χ4v) is 5.05. The number of methoxy groups -OCH3 is 1. The van der Waals surface area contributed by atoms with E-state index >= 15 is 0 Å². The zero-order chi connectivity index (χ0) is 22.6. The first-order valence-corrected chi connectivity index (χ1v) is 11.7. The molecule has 2 heterocycles. The fourth-order valence-electron chi connectivity index (χ4n) is 3.53. The van der Waals surface area contributed by atoms with Crippen molar-refractivity contribution in [3.8, 4) is 11.4 Å².